The van der Waals surface area contributed by atoms with Crippen LogP contribution < -0.4 is 9.80 Å². The number of rotatable bonds is 6. The number of hydrogen-bond acceptors (Lipinski definition) is 5. The van der Waals surface area contributed by atoms with Crippen molar-refractivity contribution < 1.29 is 19.5 Å². The van der Waals surface area contributed by atoms with Crippen molar-refractivity contribution in [1.29, 1.82) is 0 Å². The smallest absolute Gasteiger partial charge is 0.268 e. The molecule has 2 aliphatic heterocycles. The standard InChI is InChI=1S/C24H26ClN3O4/c1-2-26(12-13-29)22(30)16-6-5-11-27(15-16)20-10-4-9-19-21(20)24(32)28(23(19)31)18-8-3-7-17(25)14-18/h3-4,7-10,14,16,29H,2,5-6,11-13,15H2,1H3/t16-/m1/s1. The van der Waals surface area contributed by atoms with Gasteiger partial charge in [-0.3, -0.25) is 14.4 Å². The summed E-state index contributed by atoms with van der Waals surface area (Å²) in [6, 6.07) is 11.9. The fourth-order valence-corrected chi connectivity index (χ4v) is 4.77. The molecule has 0 bridgehead atoms. The Kier molecular flexibility index (Phi) is 6.48. The Labute approximate surface area is 192 Å². The number of carbonyl (C=O) groups excluding carboxylic acids is 3. The molecule has 1 fully saturated rings. The second kappa shape index (κ2) is 9.30. The van der Waals surface area contributed by atoms with Crippen molar-refractivity contribution in [2.24, 2.45) is 5.92 Å². The van der Waals surface area contributed by atoms with E-state index in [0.29, 0.717) is 53.7 Å². The van der Waals surface area contributed by atoms with Gasteiger partial charge in [0.2, 0.25) is 5.91 Å². The summed E-state index contributed by atoms with van der Waals surface area (Å²) in [6.45, 7) is 3.85. The van der Waals surface area contributed by atoms with E-state index in [2.05, 4.69) is 0 Å². The van der Waals surface area contributed by atoms with Crippen LogP contribution in [0.3, 0.4) is 0 Å². The quantitative estimate of drug-likeness (QED) is 0.676. The molecule has 2 aliphatic rings. The molecule has 0 saturated carbocycles. The molecule has 0 radical (unpaired) electrons. The summed E-state index contributed by atoms with van der Waals surface area (Å²) in [7, 11) is 0. The zero-order chi connectivity index (χ0) is 22.8. The average Bonchev–Trinajstić information content (AvgIpc) is 3.07. The monoisotopic (exact) mass is 455 g/mol. The molecule has 1 saturated heterocycles. The molecule has 0 unspecified atom stereocenters. The number of carbonyl (C=O) groups is 3. The number of imide groups is 1. The van der Waals surface area contributed by atoms with Gasteiger partial charge in [0.05, 0.1) is 35.0 Å². The normalized spacial score (nSPS) is 18.2. The van der Waals surface area contributed by atoms with Crippen molar-refractivity contribution in [1.82, 2.24) is 4.90 Å². The summed E-state index contributed by atoms with van der Waals surface area (Å²) < 4.78 is 0. The van der Waals surface area contributed by atoms with Crippen molar-refractivity contribution >= 4 is 40.7 Å². The van der Waals surface area contributed by atoms with E-state index < -0.39 is 0 Å². The van der Waals surface area contributed by atoms with Crippen LogP contribution in [-0.4, -0.2) is 60.5 Å². The van der Waals surface area contributed by atoms with Crippen LogP contribution in [0.1, 0.15) is 40.5 Å². The molecule has 2 aromatic rings. The van der Waals surface area contributed by atoms with Gasteiger partial charge in [-0.2, -0.15) is 0 Å². The number of aliphatic hydroxyl groups excluding tert-OH is 1. The van der Waals surface area contributed by atoms with E-state index in [-0.39, 0.29) is 30.2 Å². The molecule has 3 amide bonds. The van der Waals surface area contributed by atoms with Crippen molar-refractivity contribution in [2.75, 3.05) is 42.6 Å². The number of piperidine rings is 1. The molecular weight excluding hydrogens is 430 g/mol. The van der Waals surface area contributed by atoms with E-state index in [1.54, 1.807) is 41.3 Å². The molecule has 2 aromatic carbocycles. The first-order valence-corrected chi connectivity index (χ1v) is 11.3. The van der Waals surface area contributed by atoms with Gasteiger partial charge >= 0.3 is 0 Å². The Bertz CT molecular complexity index is 1060. The number of fused-ring (bicyclic) bond motifs is 1. The molecular formula is C24H26ClN3O4. The topological polar surface area (TPSA) is 81.2 Å². The second-order valence-electron chi connectivity index (χ2n) is 8.05. The van der Waals surface area contributed by atoms with Gasteiger partial charge in [-0.05, 0) is 50.1 Å². The molecule has 8 heteroatoms. The lowest BCUT2D eigenvalue weighted by molar-refractivity contribution is -0.136. The van der Waals surface area contributed by atoms with Gasteiger partial charge in [0.1, 0.15) is 0 Å². The van der Waals surface area contributed by atoms with Crippen molar-refractivity contribution in [3.8, 4) is 0 Å². The average molecular weight is 456 g/mol. The summed E-state index contributed by atoms with van der Waals surface area (Å²) in [5, 5.41) is 9.70. The van der Waals surface area contributed by atoms with Crippen LogP contribution in [0.15, 0.2) is 42.5 Å². The van der Waals surface area contributed by atoms with Crippen molar-refractivity contribution in [2.45, 2.75) is 19.8 Å². The highest BCUT2D eigenvalue weighted by atomic mass is 35.5. The zero-order valence-corrected chi connectivity index (χ0v) is 18.7. The SMILES string of the molecule is CCN(CCO)C(=O)[C@@H]1CCCN(c2cccc3c2C(=O)N(c2cccc(Cl)c2)C3=O)C1. The Morgan fingerprint density at radius 3 is 2.69 bits per heavy atom. The molecule has 168 valence electrons. The molecule has 0 aromatic heterocycles. The molecule has 2 heterocycles. The van der Waals surface area contributed by atoms with E-state index >= 15 is 0 Å². The fourth-order valence-electron chi connectivity index (χ4n) is 4.58. The number of anilines is 2. The van der Waals surface area contributed by atoms with Crippen LogP contribution in [0.5, 0.6) is 0 Å². The Hall–Kier alpha value is -2.90. The molecule has 0 aliphatic carbocycles. The van der Waals surface area contributed by atoms with Crippen LogP contribution in [0.2, 0.25) is 5.02 Å². The molecule has 7 nitrogen and oxygen atoms in total. The molecule has 1 atom stereocenters. The first-order chi connectivity index (χ1) is 15.5. The molecule has 32 heavy (non-hydrogen) atoms. The van der Waals surface area contributed by atoms with E-state index in [1.165, 1.54) is 0 Å². The van der Waals surface area contributed by atoms with Crippen molar-refractivity contribution in [3.63, 3.8) is 0 Å². The largest absolute Gasteiger partial charge is 0.395 e. The maximum Gasteiger partial charge on any atom is 0.268 e. The summed E-state index contributed by atoms with van der Waals surface area (Å²) >= 11 is 6.08. The van der Waals surface area contributed by atoms with Crippen LogP contribution >= 0.6 is 11.6 Å². The number of likely N-dealkylation sites (N-methyl/N-ethyl adjacent to an activating group) is 1. The lowest BCUT2D eigenvalue weighted by Crippen LogP contribution is -2.46. The Morgan fingerprint density at radius 2 is 1.97 bits per heavy atom. The van der Waals surface area contributed by atoms with Crippen LogP contribution in [0.4, 0.5) is 11.4 Å². The Balaban J connectivity index is 1.63. The summed E-state index contributed by atoms with van der Waals surface area (Å²) in [4.78, 5) is 44.3. The number of benzene rings is 2. The van der Waals surface area contributed by atoms with Gasteiger partial charge in [-0.1, -0.05) is 23.7 Å². The minimum absolute atomic E-state index is 0.0155. The van der Waals surface area contributed by atoms with Gasteiger partial charge in [0, 0.05) is 31.2 Å². The maximum absolute atomic E-state index is 13.4. The fraction of sp³-hybridized carbons (Fsp3) is 0.375. The van der Waals surface area contributed by atoms with Gasteiger partial charge in [-0.15, -0.1) is 0 Å². The summed E-state index contributed by atoms with van der Waals surface area (Å²) in [5.41, 5.74) is 1.83. The highest BCUT2D eigenvalue weighted by Crippen LogP contribution is 2.36. The third kappa shape index (κ3) is 3.98. The van der Waals surface area contributed by atoms with E-state index in [9.17, 15) is 19.5 Å². The first kappa shape index (κ1) is 22.3. The highest BCUT2D eigenvalue weighted by Gasteiger charge is 2.40. The number of halogens is 1. The zero-order valence-electron chi connectivity index (χ0n) is 18.0. The second-order valence-corrected chi connectivity index (χ2v) is 8.49. The van der Waals surface area contributed by atoms with Crippen LogP contribution in [0, 0.1) is 5.92 Å². The maximum atomic E-state index is 13.4. The van der Waals surface area contributed by atoms with E-state index in [1.807, 2.05) is 17.9 Å². The van der Waals surface area contributed by atoms with E-state index in [4.69, 9.17) is 11.6 Å². The van der Waals surface area contributed by atoms with Gasteiger partial charge in [-0.25, -0.2) is 4.90 Å². The highest BCUT2D eigenvalue weighted by molar-refractivity contribution is 6.37. The summed E-state index contributed by atoms with van der Waals surface area (Å²) in [5.74, 6) is -0.963. The lowest BCUT2D eigenvalue weighted by Gasteiger charge is -2.36. The lowest BCUT2D eigenvalue weighted by atomic mass is 9.94. The third-order valence-electron chi connectivity index (χ3n) is 6.13. The molecule has 1 N–H and O–H groups in total. The summed E-state index contributed by atoms with van der Waals surface area (Å²) in [6.07, 6.45) is 1.56. The molecule has 4 rings (SSSR count). The van der Waals surface area contributed by atoms with Gasteiger partial charge in [0.15, 0.2) is 0 Å². The number of nitrogens with zero attached hydrogens (tertiary/aromatic N) is 3. The third-order valence-corrected chi connectivity index (χ3v) is 6.37. The first-order valence-electron chi connectivity index (χ1n) is 10.9. The number of aliphatic hydroxyl groups is 1. The van der Waals surface area contributed by atoms with Crippen LogP contribution in [-0.2, 0) is 4.79 Å². The van der Waals surface area contributed by atoms with Crippen molar-refractivity contribution in [3.05, 3.63) is 58.6 Å². The number of hydrogen-bond donors (Lipinski definition) is 1. The minimum atomic E-state index is -0.383. The predicted octanol–water partition coefficient (Wildman–Crippen LogP) is 3.20. The number of amides is 3. The van der Waals surface area contributed by atoms with E-state index in [0.717, 1.165) is 17.7 Å². The Morgan fingerprint density at radius 1 is 1.19 bits per heavy atom. The van der Waals surface area contributed by atoms with Gasteiger partial charge < -0.3 is 14.9 Å². The molecule has 0 spiro atoms. The minimum Gasteiger partial charge on any atom is -0.395 e. The predicted molar refractivity (Wildman–Crippen MR) is 123 cm³/mol. The van der Waals surface area contributed by atoms with Gasteiger partial charge in [0.25, 0.3) is 11.8 Å². The van der Waals surface area contributed by atoms with Crippen LogP contribution in [0.25, 0.3) is 0 Å².